The van der Waals surface area contributed by atoms with Crippen LogP contribution < -0.4 is 0 Å². The van der Waals surface area contributed by atoms with Crippen LogP contribution in [-0.2, 0) is 14.2 Å². The molecule has 0 N–H and O–H groups in total. The van der Waals surface area contributed by atoms with E-state index in [-0.39, 0.29) is 0 Å². The SMILES string of the molecule is CCCCOCCOCOCC. The molecule has 0 aliphatic rings. The van der Waals surface area contributed by atoms with Crippen molar-refractivity contribution in [2.75, 3.05) is 33.2 Å². The molecule has 0 bridgehead atoms. The predicted molar refractivity (Wildman–Crippen MR) is 48.2 cm³/mol. The third kappa shape index (κ3) is 9.88. The molecule has 0 aromatic rings. The fourth-order valence-corrected chi connectivity index (χ4v) is 0.667. The van der Waals surface area contributed by atoms with Crippen LogP contribution in [0.5, 0.6) is 0 Å². The van der Waals surface area contributed by atoms with Gasteiger partial charge in [-0.05, 0) is 13.3 Å². The molecular formula is C9H20O3. The topological polar surface area (TPSA) is 27.7 Å². The maximum Gasteiger partial charge on any atom is 0.146 e. The van der Waals surface area contributed by atoms with Gasteiger partial charge >= 0.3 is 0 Å². The maximum absolute atomic E-state index is 5.27. The van der Waals surface area contributed by atoms with E-state index >= 15 is 0 Å². The Morgan fingerprint density at radius 1 is 0.833 bits per heavy atom. The van der Waals surface area contributed by atoms with Gasteiger partial charge < -0.3 is 14.2 Å². The largest absolute Gasteiger partial charge is 0.379 e. The molecule has 0 aromatic carbocycles. The van der Waals surface area contributed by atoms with Gasteiger partial charge in [-0.1, -0.05) is 13.3 Å². The molecule has 74 valence electrons. The van der Waals surface area contributed by atoms with Gasteiger partial charge in [-0.15, -0.1) is 0 Å². The molecule has 0 saturated carbocycles. The van der Waals surface area contributed by atoms with Crippen molar-refractivity contribution in [1.82, 2.24) is 0 Å². The van der Waals surface area contributed by atoms with E-state index < -0.39 is 0 Å². The van der Waals surface area contributed by atoms with E-state index in [0.29, 0.717) is 26.6 Å². The zero-order valence-corrected chi connectivity index (χ0v) is 8.17. The molecule has 0 heterocycles. The van der Waals surface area contributed by atoms with Gasteiger partial charge in [0.1, 0.15) is 6.79 Å². The summed E-state index contributed by atoms with van der Waals surface area (Å²) < 4.78 is 15.4. The summed E-state index contributed by atoms with van der Waals surface area (Å²) in [6.45, 7) is 7.33. The summed E-state index contributed by atoms with van der Waals surface area (Å²) in [5.74, 6) is 0. The Morgan fingerprint density at radius 2 is 1.58 bits per heavy atom. The molecule has 0 spiro atoms. The molecule has 0 aromatic heterocycles. The molecule has 0 radical (unpaired) electrons. The lowest BCUT2D eigenvalue weighted by Gasteiger charge is -2.04. The van der Waals surface area contributed by atoms with Crippen LogP contribution in [0.25, 0.3) is 0 Å². The first-order valence-electron chi connectivity index (χ1n) is 4.65. The second kappa shape index (κ2) is 10.9. The van der Waals surface area contributed by atoms with Crippen LogP contribution in [0, 0.1) is 0 Å². The molecule has 3 heteroatoms. The quantitative estimate of drug-likeness (QED) is 0.396. The van der Waals surface area contributed by atoms with Crippen LogP contribution in [0.15, 0.2) is 0 Å². The molecule has 0 unspecified atom stereocenters. The van der Waals surface area contributed by atoms with Gasteiger partial charge in [-0.2, -0.15) is 0 Å². The Hall–Kier alpha value is -0.120. The lowest BCUT2D eigenvalue weighted by atomic mass is 10.4. The lowest BCUT2D eigenvalue weighted by molar-refractivity contribution is -0.0657. The van der Waals surface area contributed by atoms with Crippen LogP contribution in [0.3, 0.4) is 0 Å². The van der Waals surface area contributed by atoms with Gasteiger partial charge in [-0.3, -0.25) is 0 Å². The molecular weight excluding hydrogens is 156 g/mol. The van der Waals surface area contributed by atoms with E-state index in [1.165, 1.54) is 6.42 Å². The summed E-state index contributed by atoms with van der Waals surface area (Å²) >= 11 is 0. The van der Waals surface area contributed by atoms with E-state index in [2.05, 4.69) is 6.92 Å². The number of ether oxygens (including phenoxy) is 3. The highest BCUT2D eigenvalue weighted by Gasteiger charge is 1.88. The minimum Gasteiger partial charge on any atom is -0.379 e. The van der Waals surface area contributed by atoms with Gasteiger partial charge in [0, 0.05) is 13.2 Å². The molecule has 0 saturated heterocycles. The first kappa shape index (κ1) is 11.9. The fourth-order valence-electron chi connectivity index (χ4n) is 0.667. The number of hydrogen-bond acceptors (Lipinski definition) is 3. The molecule has 0 fully saturated rings. The zero-order valence-electron chi connectivity index (χ0n) is 8.17. The highest BCUT2D eigenvalue weighted by Crippen LogP contribution is 1.87. The van der Waals surface area contributed by atoms with Crippen LogP contribution in [0.1, 0.15) is 26.7 Å². The molecule has 0 amide bonds. The Balaban J connectivity index is 2.73. The van der Waals surface area contributed by atoms with Gasteiger partial charge in [0.05, 0.1) is 13.2 Å². The monoisotopic (exact) mass is 176 g/mol. The maximum atomic E-state index is 5.27. The third-order valence-corrected chi connectivity index (χ3v) is 1.39. The molecule has 0 atom stereocenters. The summed E-state index contributed by atoms with van der Waals surface area (Å²) in [6, 6.07) is 0. The van der Waals surface area contributed by atoms with Crippen LogP contribution >= 0.6 is 0 Å². The zero-order chi connectivity index (χ0) is 9.07. The molecule has 0 aliphatic heterocycles. The predicted octanol–water partition coefficient (Wildman–Crippen LogP) is 1.81. The van der Waals surface area contributed by atoms with Crippen molar-refractivity contribution in [3.63, 3.8) is 0 Å². The van der Waals surface area contributed by atoms with Gasteiger partial charge in [0.15, 0.2) is 0 Å². The van der Waals surface area contributed by atoms with Crippen molar-refractivity contribution in [1.29, 1.82) is 0 Å². The highest BCUT2D eigenvalue weighted by atomic mass is 16.7. The minimum absolute atomic E-state index is 0.383. The van der Waals surface area contributed by atoms with Crippen LogP contribution in [0.2, 0.25) is 0 Å². The molecule has 0 rings (SSSR count). The summed E-state index contributed by atoms with van der Waals surface area (Å²) in [5, 5.41) is 0. The van der Waals surface area contributed by atoms with Crippen molar-refractivity contribution < 1.29 is 14.2 Å². The molecule has 12 heavy (non-hydrogen) atoms. The van der Waals surface area contributed by atoms with Crippen molar-refractivity contribution >= 4 is 0 Å². The Labute approximate surface area is 75.0 Å². The van der Waals surface area contributed by atoms with Gasteiger partial charge in [0.25, 0.3) is 0 Å². The van der Waals surface area contributed by atoms with Crippen LogP contribution in [-0.4, -0.2) is 33.2 Å². The van der Waals surface area contributed by atoms with Crippen molar-refractivity contribution in [3.8, 4) is 0 Å². The van der Waals surface area contributed by atoms with Gasteiger partial charge in [-0.25, -0.2) is 0 Å². The number of rotatable bonds is 9. The smallest absolute Gasteiger partial charge is 0.146 e. The van der Waals surface area contributed by atoms with Crippen molar-refractivity contribution in [2.45, 2.75) is 26.7 Å². The second-order valence-electron chi connectivity index (χ2n) is 2.48. The summed E-state index contributed by atoms with van der Waals surface area (Å²) in [6.07, 6.45) is 2.31. The first-order chi connectivity index (χ1) is 5.91. The molecule has 3 nitrogen and oxygen atoms in total. The number of hydrogen-bond donors (Lipinski definition) is 0. The van der Waals surface area contributed by atoms with Crippen molar-refractivity contribution in [3.05, 3.63) is 0 Å². The normalized spacial score (nSPS) is 10.5. The lowest BCUT2D eigenvalue weighted by Crippen LogP contribution is -2.07. The van der Waals surface area contributed by atoms with Crippen molar-refractivity contribution in [2.24, 2.45) is 0 Å². The van der Waals surface area contributed by atoms with Gasteiger partial charge in [0.2, 0.25) is 0 Å². The Morgan fingerprint density at radius 3 is 2.25 bits per heavy atom. The summed E-state index contributed by atoms with van der Waals surface area (Å²) in [7, 11) is 0. The highest BCUT2D eigenvalue weighted by molar-refractivity contribution is 4.32. The number of unbranched alkanes of at least 4 members (excludes halogenated alkanes) is 1. The summed E-state index contributed by atoms with van der Waals surface area (Å²) in [4.78, 5) is 0. The van der Waals surface area contributed by atoms with E-state index in [4.69, 9.17) is 14.2 Å². The fraction of sp³-hybridized carbons (Fsp3) is 1.00. The van der Waals surface area contributed by atoms with E-state index in [1.54, 1.807) is 0 Å². The van der Waals surface area contributed by atoms with E-state index in [9.17, 15) is 0 Å². The third-order valence-electron chi connectivity index (χ3n) is 1.39. The molecule has 0 aliphatic carbocycles. The first-order valence-corrected chi connectivity index (χ1v) is 4.65. The van der Waals surface area contributed by atoms with E-state index in [1.807, 2.05) is 6.92 Å². The average Bonchev–Trinajstić information content (AvgIpc) is 2.10. The van der Waals surface area contributed by atoms with E-state index in [0.717, 1.165) is 13.0 Å². The Bertz CT molecular complexity index is 66.2. The van der Waals surface area contributed by atoms with Crippen LogP contribution in [0.4, 0.5) is 0 Å². The standard InChI is InChI=1S/C9H20O3/c1-3-5-6-11-7-8-12-9-10-4-2/h3-9H2,1-2H3. The minimum atomic E-state index is 0.383. The summed E-state index contributed by atoms with van der Waals surface area (Å²) in [5.41, 5.74) is 0. The average molecular weight is 176 g/mol. The second-order valence-corrected chi connectivity index (χ2v) is 2.48. The Kier molecular flexibility index (Phi) is 10.8.